The highest BCUT2D eigenvalue weighted by Crippen LogP contribution is 2.23. The summed E-state index contributed by atoms with van der Waals surface area (Å²) in [6.45, 7) is -0.0556. The minimum absolute atomic E-state index is 0.0556. The molecule has 0 saturated carbocycles. The van der Waals surface area contributed by atoms with Gasteiger partial charge in [0.2, 0.25) is 0 Å². The largest absolute Gasteiger partial charge is 0.386 e. The molecule has 1 heterocycles. The Bertz CT molecular complexity index is 507. The average molecular weight is 273 g/mol. The van der Waals surface area contributed by atoms with Gasteiger partial charge in [0.15, 0.2) is 11.6 Å². The Kier molecular flexibility index (Phi) is 3.88. The number of halogens is 3. The predicted molar refractivity (Wildman–Crippen MR) is 64.1 cm³/mol. The minimum atomic E-state index is -1.02. The molecule has 6 heteroatoms. The lowest BCUT2D eigenvalue weighted by molar-refractivity contribution is 0.195. The van der Waals surface area contributed by atoms with E-state index in [1.54, 1.807) is 17.5 Å². The second-order valence-electron chi connectivity index (χ2n) is 3.66. The third-order valence-corrected chi connectivity index (χ3v) is 3.32. The second kappa shape index (κ2) is 5.41. The van der Waals surface area contributed by atoms with E-state index >= 15 is 0 Å². The van der Waals surface area contributed by atoms with Crippen LogP contribution in [-0.2, 0) is 0 Å². The van der Waals surface area contributed by atoms with Gasteiger partial charge in [0.05, 0.1) is 0 Å². The Morgan fingerprint density at radius 3 is 2.44 bits per heavy atom. The summed E-state index contributed by atoms with van der Waals surface area (Å²) < 4.78 is 39.2. The van der Waals surface area contributed by atoms with E-state index in [4.69, 9.17) is 0 Å². The maximum absolute atomic E-state index is 13.3. The number of benzene rings is 1. The van der Waals surface area contributed by atoms with Gasteiger partial charge in [-0.2, -0.15) is 0 Å². The van der Waals surface area contributed by atoms with Gasteiger partial charge in [-0.05, 0) is 11.4 Å². The van der Waals surface area contributed by atoms with Crippen LogP contribution in [0.1, 0.15) is 11.0 Å². The van der Waals surface area contributed by atoms with Gasteiger partial charge in [0.25, 0.3) is 0 Å². The first kappa shape index (κ1) is 12.9. The molecule has 2 N–H and O–H groups in total. The molecule has 0 fully saturated rings. The maximum atomic E-state index is 13.3. The van der Waals surface area contributed by atoms with Gasteiger partial charge < -0.3 is 10.4 Å². The third kappa shape index (κ3) is 2.83. The number of nitrogens with one attached hydrogen (secondary N) is 1. The summed E-state index contributed by atoms with van der Waals surface area (Å²) in [6, 6.07) is 4.66. The molecule has 2 nitrogen and oxygen atoms in total. The molecule has 96 valence electrons. The molecule has 0 radical (unpaired) electrons. The van der Waals surface area contributed by atoms with Gasteiger partial charge >= 0.3 is 0 Å². The fourth-order valence-corrected chi connectivity index (χ4v) is 2.20. The van der Waals surface area contributed by atoms with Crippen LogP contribution in [0.5, 0.6) is 0 Å². The topological polar surface area (TPSA) is 32.3 Å². The monoisotopic (exact) mass is 273 g/mol. The lowest BCUT2D eigenvalue weighted by atomic mass is 10.2. The molecule has 1 atom stereocenters. The molecule has 0 saturated heterocycles. The van der Waals surface area contributed by atoms with Crippen LogP contribution < -0.4 is 5.32 Å². The molecule has 0 aliphatic carbocycles. The Morgan fingerprint density at radius 2 is 1.89 bits per heavy atom. The molecule has 1 unspecified atom stereocenters. The van der Waals surface area contributed by atoms with Crippen LogP contribution in [0.4, 0.5) is 18.9 Å². The van der Waals surface area contributed by atoms with E-state index in [0.29, 0.717) is 17.0 Å². The smallest absolute Gasteiger partial charge is 0.152 e. The van der Waals surface area contributed by atoms with Crippen LogP contribution in [-0.4, -0.2) is 11.7 Å². The number of aliphatic hydroxyl groups excluding tert-OH is 1. The van der Waals surface area contributed by atoms with Gasteiger partial charge in [0, 0.05) is 23.6 Å². The SMILES string of the molecule is OC(CNc1c(F)cc(F)cc1F)c1cccs1. The molecule has 0 bridgehead atoms. The number of rotatable bonds is 4. The van der Waals surface area contributed by atoms with Crippen molar-refractivity contribution in [3.05, 3.63) is 52.0 Å². The van der Waals surface area contributed by atoms with E-state index in [9.17, 15) is 18.3 Å². The van der Waals surface area contributed by atoms with Gasteiger partial charge in [-0.3, -0.25) is 0 Å². The molecule has 0 aliphatic rings. The summed E-state index contributed by atoms with van der Waals surface area (Å²) in [5, 5.41) is 14.0. The van der Waals surface area contributed by atoms with Gasteiger partial charge in [-0.15, -0.1) is 11.3 Å². The lowest BCUT2D eigenvalue weighted by Gasteiger charge is -2.12. The second-order valence-corrected chi connectivity index (χ2v) is 4.64. The van der Waals surface area contributed by atoms with Crippen molar-refractivity contribution in [2.24, 2.45) is 0 Å². The van der Waals surface area contributed by atoms with Gasteiger partial charge in [0.1, 0.15) is 17.6 Å². The summed E-state index contributed by atoms with van der Waals surface area (Å²) in [7, 11) is 0. The summed E-state index contributed by atoms with van der Waals surface area (Å²) in [5.41, 5.74) is -0.438. The Morgan fingerprint density at radius 1 is 1.22 bits per heavy atom. The zero-order valence-corrected chi connectivity index (χ0v) is 9.98. The van der Waals surface area contributed by atoms with Crippen molar-refractivity contribution in [2.45, 2.75) is 6.10 Å². The van der Waals surface area contributed by atoms with E-state index in [2.05, 4.69) is 5.32 Å². The van der Waals surface area contributed by atoms with Crippen molar-refractivity contribution in [2.75, 3.05) is 11.9 Å². The number of anilines is 1. The van der Waals surface area contributed by atoms with Crippen LogP contribution in [0.3, 0.4) is 0 Å². The first-order valence-electron chi connectivity index (χ1n) is 5.18. The Labute approximate surface area is 106 Å². The molecule has 1 aromatic heterocycles. The summed E-state index contributed by atoms with van der Waals surface area (Å²) in [5.74, 6) is -3.02. The first-order chi connectivity index (χ1) is 8.58. The molecule has 0 amide bonds. The zero-order valence-electron chi connectivity index (χ0n) is 9.16. The molecule has 0 aliphatic heterocycles. The maximum Gasteiger partial charge on any atom is 0.152 e. The van der Waals surface area contributed by atoms with E-state index in [1.807, 2.05) is 0 Å². The lowest BCUT2D eigenvalue weighted by Crippen LogP contribution is -2.13. The Hall–Kier alpha value is -1.53. The molecular weight excluding hydrogens is 263 g/mol. The molecule has 0 spiro atoms. The predicted octanol–water partition coefficient (Wildman–Crippen LogP) is 3.31. The van der Waals surface area contributed by atoms with E-state index in [1.165, 1.54) is 11.3 Å². The highest BCUT2D eigenvalue weighted by molar-refractivity contribution is 7.10. The summed E-state index contributed by atoms with van der Waals surface area (Å²) >= 11 is 1.34. The van der Waals surface area contributed by atoms with Crippen molar-refractivity contribution in [1.29, 1.82) is 0 Å². The normalized spacial score (nSPS) is 12.4. The van der Waals surface area contributed by atoms with E-state index in [-0.39, 0.29) is 6.54 Å². The van der Waals surface area contributed by atoms with Gasteiger partial charge in [-0.25, -0.2) is 13.2 Å². The molecule has 2 aromatic rings. The van der Waals surface area contributed by atoms with Crippen molar-refractivity contribution >= 4 is 17.0 Å². The standard InChI is InChI=1S/C12H10F3NOS/c13-7-4-8(14)12(9(15)5-7)16-6-10(17)11-2-1-3-18-11/h1-5,10,16-17H,6H2. The fraction of sp³-hybridized carbons (Fsp3) is 0.167. The zero-order chi connectivity index (χ0) is 13.1. The van der Waals surface area contributed by atoms with E-state index in [0.717, 1.165) is 0 Å². The van der Waals surface area contributed by atoms with Crippen LogP contribution >= 0.6 is 11.3 Å². The molecule has 2 rings (SSSR count). The first-order valence-corrected chi connectivity index (χ1v) is 6.06. The number of aliphatic hydroxyl groups is 1. The average Bonchev–Trinajstić information content (AvgIpc) is 2.80. The van der Waals surface area contributed by atoms with Crippen LogP contribution in [0, 0.1) is 17.5 Å². The number of hydrogen-bond acceptors (Lipinski definition) is 3. The van der Waals surface area contributed by atoms with Crippen molar-refractivity contribution in [3.63, 3.8) is 0 Å². The number of thiophene rings is 1. The highest BCUT2D eigenvalue weighted by atomic mass is 32.1. The number of hydrogen-bond donors (Lipinski definition) is 2. The van der Waals surface area contributed by atoms with Gasteiger partial charge in [-0.1, -0.05) is 6.07 Å². The van der Waals surface area contributed by atoms with Crippen molar-refractivity contribution < 1.29 is 18.3 Å². The third-order valence-electron chi connectivity index (χ3n) is 2.35. The summed E-state index contributed by atoms with van der Waals surface area (Å²) in [6.07, 6.45) is -0.867. The Balaban J connectivity index is 2.07. The summed E-state index contributed by atoms with van der Waals surface area (Å²) in [4.78, 5) is 0.686. The van der Waals surface area contributed by atoms with Crippen LogP contribution in [0.15, 0.2) is 29.6 Å². The minimum Gasteiger partial charge on any atom is -0.386 e. The fourth-order valence-electron chi connectivity index (χ4n) is 1.49. The quantitative estimate of drug-likeness (QED) is 0.895. The van der Waals surface area contributed by atoms with Crippen molar-refractivity contribution in [1.82, 2.24) is 0 Å². The van der Waals surface area contributed by atoms with Crippen molar-refractivity contribution in [3.8, 4) is 0 Å². The molecular formula is C12H10F3NOS. The van der Waals surface area contributed by atoms with E-state index < -0.39 is 29.2 Å². The van der Waals surface area contributed by atoms with Crippen LogP contribution in [0.25, 0.3) is 0 Å². The van der Waals surface area contributed by atoms with Crippen LogP contribution in [0.2, 0.25) is 0 Å². The molecule has 1 aromatic carbocycles. The highest BCUT2D eigenvalue weighted by Gasteiger charge is 2.14. The molecule has 18 heavy (non-hydrogen) atoms.